The molecular formula is C19H21N3O6S. The van der Waals surface area contributed by atoms with Gasteiger partial charge >= 0.3 is 5.97 Å². The number of fused-ring (bicyclic) bond motifs is 1. The van der Waals surface area contributed by atoms with Crippen molar-refractivity contribution >= 4 is 41.4 Å². The molecule has 1 unspecified atom stereocenters. The first kappa shape index (κ1) is 20.8. The number of methoxy groups -OCH3 is 1. The zero-order chi connectivity index (χ0) is 21.3. The molecule has 10 heteroatoms. The number of carbonyl (C=O) groups is 5. The molecular weight excluding hydrogens is 398 g/mol. The molecule has 2 aliphatic rings. The molecule has 0 aliphatic carbocycles. The van der Waals surface area contributed by atoms with Crippen LogP contribution in [0, 0.1) is 0 Å². The number of ether oxygens (including phenoxy) is 1. The molecule has 1 aromatic rings. The van der Waals surface area contributed by atoms with E-state index in [0.29, 0.717) is 5.75 Å². The lowest BCUT2D eigenvalue weighted by atomic mass is 10.1. The molecule has 0 spiro atoms. The fourth-order valence-corrected chi connectivity index (χ4v) is 4.65. The van der Waals surface area contributed by atoms with E-state index < -0.39 is 47.1 Å². The Hall–Kier alpha value is -2.88. The van der Waals surface area contributed by atoms with E-state index in [-0.39, 0.29) is 17.7 Å². The average molecular weight is 419 g/mol. The molecule has 0 bridgehead atoms. The van der Waals surface area contributed by atoms with Crippen molar-refractivity contribution in [3.63, 3.8) is 0 Å². The maximum absolute atomic E-state index is 13.1. The van der Waals surface area contributed by atoms with E-state index in [1.807, 2.05) is 0 Å². The number of hydrogen-bond donors (Lipinski definition) is 1. The number of nitrogens with one attached hydrogen (secondary N) is 1. The predicted molar refractivity (Wildman–Crippen MR) is 104 cm³/mol. The highest BCUT2D eigenvalue weighted by Crippen LogP contribution is 2.39. The number of hydrogen-bond acceptors (Lipinski definition) is 7. The summed E-state index contributed by atoms with van der Waals surface area (Å²) >= 11 is 1.40. The van der Waals surface area contributed by atoms with Crippen LogP contribution in [0.4, 0.5) is 0 Å². The average Bonchev–Trinajstić information content (AvgIpc) is 3.14. The zero-order valence-electron chi connectivity index (χ0n) is 16.3. The molecule has 154 valence electrons. The first-order chi connectivity index (χ1) is 13.7. The van der Waals surface area contributed by atoms with Gasteiger partial charge in [-0.15, -0.1) is 11.8 Å². The smallest absolute Gasteiger partial charge is 0.325 e. The summed E-state index contributed by atoms with van der Waals surface area (Å²) in [5.41, 5.74) is 0.514. The van der Waals surface area contributed by atoms with Gasteiger partial charge in [0.2, 0.25) is 11.8 Å². The molecule has 4 amide bonds. The zero-order valence-corrected chi connectivity index (χ0v) is 17.1. The molecule has 0 saturated carbocycles. The predicted octanol–water partition coefficient (Wildman–Crippen LogP) is 0.252. The minimum absolute atomic E-state index is 0.257. The summed E-state index contributed by atoms with van der Waals surface area (Å²) in [7, 11) is 1.21. The van der Waals surface area contributed by atoms with E-state index >= 15 is 0 Å². The Labute approximate surface area is 171 Å². The highest BCUT2D eigenvalue weighted by Gasteiger charge is 2.48. The Kier molecular flexibility index (Phi) is 5.65. The largest absolute Gasteiger partial charge is 0.468 e. The quantitative estimate of drug-likeness (QED) is 0.538. The molecule has 3 rings (SSSR count). The third-order valence-corrected chi connectivity index (χ3v) is 6.25. The van der Waals surface area contributed by atoms with Crippen molar-refractivity contribution in [2.75, 3.05) is 26.0 Å². The van der Waals surface area contributed by atoms with Crippen LogP contribution in [0.2, 0.25) is 0 Å². The van der Waals surface area contributed by atoms with Gasteiger partial charge in [-0.25, -0.2) is 0 Å². The maximum atomic E-state index is 13.1. The van der Waals surface area contributed by atoms with Crippen LogP contribution in [0.1, 0.15) is 34.6 Å². The molecule has 29 heavy (non-hydrogen) atoms. The van der Waals surface area contributed by atoms with Gasteiger partial charge in [-0.1, -0.05) is 12.1 Å². The van der Waals surface area contributed by atoms with E-state index in [9.17, 15) is 24.0 Å². The van der Waals surface area contributed by atoms with Gasteiger partial charge in [0.15, 0.2) is 0 Å². The normalized spacial score (nSPS) is 19.9. The fraction of sp³-hybridized carbons (Fsp3) is 0.421. The molecule has 1 fully saturated rings. The lowest BCUT2D eigenvalue weighted by Crippen LogP contribution is -2.56. The Morgan fingerprint density at radius 1 is 1.17 bits per heavy atom. The van der Waals surface area contributed by atoms with Crippen LogP contribution in [0.25, 0.3) is 0 Å². The summed E-state index contributed by atoms with van der Waals surface area (Å²) in [6.07, 6.45) is 0. The summed E-state index contributed by atoms with van der Waals surface area (Å²) in [6.45, 7) is 2.80. The van der Waals surface area contributed by atoms with E-state index in [2.05, 4.69) is 10.1 Å². The number of carbonyl (C=O) groups excluding carboxylic acids is 5. The number of benzene rings is 1. The van der Waals surface area contributed by atoms with Crippen LogP contribution in [-0.2, 0) is 19.1 Å². The Bertz CT molecular complexity index is 865. The van der Waals surface area contributed by atoms with Crippen molar-refractivity contribution in [2.24, 2.45) is 0 Å². The Morgan fingerprint density at radius 2 is 1.76 bits per heavy atom. The topological polar surface area (TPSA) is 113 Å². The van der Waals surface area contributed by atoms with Gasteiger partial charge < -0.3 is 15.0 Å². The monoisotopic (exact) mass is 419 g/mol. The van der Waals surface area contributed by atoms with Crippen LogP contribution in [-0.4, -0.2) is 76.3 Å². The SMILES string of the molecule is COC(=O)CNC(=O)C1CSC(C)(C)N1C(=O)CN1C(=O)c2ccccc2C1=O. The lowest BCUT2D eigenvalue weighted by Gasteiger charge is -2.35. The van der Waals surface area contributed by atoms with Gasteiger partial charge in [0.25, 0.3) is 11.8 Å². The van der Waals surface area contributed by atoms with Crippen molar-refractivity contribution in [3.05, 3.63) is 35.4 Å². The summed E-state index contributed by atoms with van der Waals surface area (Å²) in [4.78, 5) is 63.5. The van der Waals surface area contributed by atoms with Crippen LogP contribution in [0.3, 0.4) is 0 Å². The van der Waals surface area contributed by atoms with E-state index in [0.717, 1.165) is 4.90 Å². The number of thioether (sulfide) groups is 1. The van der Waals surface area contributed by atoms with Crippen LogP contribution >= 0.6 is 11.8 Å². The Balaban J connectivity index is 1.76. The second-order valence-corrected chi connectivity index (χ2v) is 8.69. The third-order valence-electron chi connectivity index (χ3n) is 4.86. The molecule has 1 atom stereocenters. The number of rotatable bonds is 5. The summed E-state index contributed by atoms with van der Waals surface area (Å²) in [6, 6.07) is 5.55. The van der Waals surface area contributed by atoms with Crippen molar-refractivity contribution in [1.29, 1.82) is 0 Å². The number of amides is 4. The first-order valence-corrected chi connectivity index (χ1v) is 9.92. The van der Waals surface area contributed by atoms with Crippen molar-refractivity contribution < 1.29 is 28.7 Å². The van der Waals surface area contributed by atoms with E-state index in [1.165, 1.54) is 23.8 Å². The Morgan fingerprint density at radius 3 is 2.31 bits per heavy atom. The van der Waals surface area contributed by atoms with Gasteiger partial charge in [-0.2, -0.15) is 0 Å². The van der Waals surface area contributed by atoms with Gasteiger partial charge in [-0.05, 0) is 26.0 Å². The maximum Gasteiger partial charge on any atom is 0.325 e. The van der Waals surface area contributed by atoms with Gasteiger partial charge in [-0.3, -0.25) is 28.9 Å². The molecule has 1 aromatic carbocycles. The minimum Gasteiger partial charge on any atom is -0.468 e. The molecule has 1 saturated heterocycles. The minimum atomic E-state index is -0.831. The lowest BCUT2D eigenvalue weighted by molar-refractivity contribution is -0.144. The molecule has 0 radical (unpaired) electrons. The van der Waals surface area contributed by atoms with Gasteiger partial charge in [0.05, 0.1) is 23.1 Å². The molecule has 0 aromatic heterocycles. The molecule has 1 N–H and O–H groups in total. The summed E-state index contributed by atoms with van der Waals surface area (Å²) in [5, 5.41) is 2.46. The van der Waals surface area contributed by atoms with Crippen molar-refractivity contribution in [1.82, 2.24) is 15.1 Å². The number of imide groups is 1. The van der Waals surface area contributed by atoms with Crippen LogP contribution in [0.5, 0.6) is 0 Å². The standard InChI is InChI=1S/C19H21N3O6S/c1-19(2)22(13(10-29-19)16(25)20-8-15(24)28-3)14(23)9-21-17(26)11-6-4-5-7-12(11)18(21)27/h4-7,13H,8-10H2,1-3H3,(H,20,25). The third kappa shape index (κ3) is 3.84. The number of nitrogens with zero attached hydrogens (tertiary/aromatic N) is 2. The van der Waals surface area contributed by atoms with Crippen LogP contribution in [0.15, 0.2) is 24.3 Å². The van der Waals surface area contributed by atoms with Crippen molar-refractivity contribution in [3.8, 4) is 0 Å². The van der Waals surface area contributed by atoms with E-state index in [4.69, 9.17) is 0 Å². The second kappa shape index (κ2) is 7.86. The van der Waals surface area contributed by atoms with Gasteiger partial charge in [0.1, 0.15) is 19.1 Å². The van der Waals surface area contributed by atoms with E-state index in [1.54, 1.807) is 38.1 Å². The summed E-state index contributed by atoms with van der Waals surface area (Å²) < 4.78 is 4.50. The fourth-order valence-electron chi connectivity index (χ4n) is 3.41. The highest BCUT2D eigenvalue weighted by molar-refractivity contribution is 8.00. The first-order valence-electron chi connectivity index (χ1n) is 8.93. The van der Waals surface area contributed by atoms with Crippen LogP contribution < -0.4 is 5.32 Å². The molecule has 9 nitrogen and oxygen atoms in total. The highest BCUT2D eigenvalue weighted by atomic mass is 32.2. The van der Waals surface area contributed by atoms with Gasteiger partial charge in [0, 0.05) is 5.75 Å². The second-order valence-electron chi connectivity index (χ2n) is 7.07. The number of esters is 1. The molecule has 2 aliphatic heterocycles. The molecule has 2 heterocycles. The van der Waals surface area contributed by atoms with Crippen molar-refractivity contribution in [2.45, 2.75) is 24.8 Å². The summed E-state index contributed by atoms with van der Waals surface area (Å²) in [5.74, 6) is -2.36.